The zero-order valence-corrected chi connectivity index (χ0v) is 11.4. The molecule has 0 radical (unpaired) electrons. The van der Waals surface area contributed by atoms with Gasteiger partial charge in [-0.2, -0.15) is 0 Å². The topological polar surface area (TPSA) is 40.5 Å². The molecule has 20 heavy (non-hydrogen) atoms. The Bertz CT molecular complexity index is 640. The lowest BCUT2D eigenvalue weighted by Crippen LogP contribution is -2.21. The van der Waals surface area contributed by atoms with Gasteiger partial charge in [0.15, 0.2) is 0 Å². The van der Waals surface area contributed by atoms with Gasteiger partial charge in [0.1, 0.15) is 5.82 Å². The van der Waals surface area contributed by atoms with E-state index in [4.69, 9.17) is 5.11 Å². The number of para-hydroxylation sites is 1. The molecule has 2 aromatic carbocycles. The third kappa shape index (κ3) is 2.79. The number of anilines is 1. The van der Waals surface area contributed by atoms with Crippen LogP contribution in [0.5, 0.6) is 0 Å². The number of hydrogen-bond acceptors (Lipinski definition) is 2. The first-order valence-electron chi connectivity index (χ1n) is 6.28. The van der Waals surface area contributed by atoms with Gasteiger partial charge in [-0.3, -0.25) is 0 Å². The van der Waals surface area contributed by atoms with Crippen molar-refractivity contribution in [1.29, 1.82) is 0 Å². The van der Waals surface area contributed by atoms with Crippen LogP contribution >= 0.6 is 0 Å². The quantitative estimate of drug-likeness (QED) is 0.927. The molecule has 0 bridgehead atoms. The van der Waals surface area contributed by atoms with Gasteiger partial charge in [-0.15, -0.1) is 0 Å². The van der Waals surface area contributed by atoms with E-state index in [1.807, 2.05) is 31.2 Å². The summed E-state index contributed by atoms with van der Waals surface area (Å²) in [5.41, 5.74) is 2.21. The number of rotatable bonds is 4. The summed E-state index contributed by atoms with van der Waals surface area (Å²) in [6.45, 7) is 2.43. The van der Waals surface area contributed by atoms with Crippen molar-refractivity contribution in [2.45, 2.75) is 13.5 Å². The van der Waals surface area contributed by atoms with Crippen molar-refractivity contribution in [3.05, 3.63) is 65.0 Å². The Kier molecular flexibility index (Phi) is 4.03. The van der Waals surface area contributed by atoms with E-state index in [1.165, 1.54) is 18.2 Å². The third-order valence-corrected chi connectivity index (χ3v) is 3.27. The van der Waals surface area contributed by atoms with Gasteiger partial charge in [-0.05, 0) is 30.2 Å². The molecule has 2 rings (SSSR count). The number of aromatic carboxylic acids is 1. The standard InChI is InChI=1S/C16H16FNO2/c1-11-6-3-4-7-12(11)10-18(2)15-13(16(19)20)8-5-9-14(15)17/h3-9H,10H2,1-2H3,(H,19,20). The molecule has 0 aliphatic heterocycles. The molecule has 1 N–H and O–H groups in total. The molecule has 0 spiro atoms. The van der Waals surface area contributed by atoms with Crippen LogP contribution in [0.1, 0.15) is 21.5 Å². The summed E-state index contributed by atoms with van der Waals surface area (Å²) >= 11 is 0. The van der Waals surface area contributed by atoms with Crippen LogP contribution in [0.3, 0.4) is 0 Å². The van der Waals surface area contributed by atoms with Crippen molar-refractivity contribution >= 4 is 11.7 Å². The molecule has 0 heterocycles. The van der Waals surface area contributed by atoms with Gasteiger partial charge in [-0.25, -0.2) is 9.18 Å². The van der Waals surface area contributed by atoms with Gasteiger partial charge in [0, 0.05) is 13.6 Å². The number of carboxylic acid groups (broad SMARTS) is 1. The van der Waals surface area contributed by atoms with Crippen LogP contribution in [0, 0.1) is 12.7 Å². The average molecular weight is 273 g/mol. The molecule has 0 amide bonds. The first-order valence-corrected chi connectivity index (χ1v) is 6.28. The number of carbonyl (C=O) groups is 1. The highest BCUT2D eigenvalue weighted by molar-refractivity contribution is 5.94. The smallest absolute Gasteiger partial charge is 0.337 e. The highest BCUT2D eigenvalue weighted by Crippen LogP contribution is 2.25. The van der Waals surface area contributed by atoms with E-state index in [9.17, 15) is 9.18 Å². The zero-order valence-electron chi connectivity index (χ0n) is 11.4. The SMILES string of the molecule is Cc1ccccc1CN(C)c1c(F)cccc1C(=O)O. The Morgan fingerprint density at radius 2 is 1.90 bits per heavy atom. The summed E-state index contributed by atoms with van der Waals surface area (Å²) in [6, 6.07) is 11.9. The largest absolute Gasteiger partial charge is 0.478 e. The summed E-state index contributed by atoms with van der Waals surface area (Å²) in [4.78, 5) is 12.8. The molecule has 0 saturated heterocycles. The summed E-state index contributed by atoms with van der Waals surface area (Å²) in [7, 11) is 1.69. The van der Waals surface area contributed by atoms with Gasteiger partial charge in [0.05, 0.1) is 11.3 Å². The van der Waals surface area contributed by atoms with Crippen LogP contribution in [-0.2, 0) is 6.54 Å². The Morgan fingerprint density at radius 3 is 2.55 bits per heavy atom. The number of benzene rings is 2. The lowest BCUT2D eigenvalue weighted by molar-refractivity contribution is 0.0697. The molecule has 0 unspecified atom stereocenters. The van der Waals surface area contributed by atoms with E-state index in [2.05, 4.69) is 0 Å². The zero-order chi connectivity index (χ0) is 14.7. The molecule has 0 aromatic heterocycles. The summed E-state index contributed by atoms with van der Waals surface area (Å²) in [6.07, 6.45) is 0. The van der Waals surface area contributed by atoms with Crippen molar-refractivity contribution in [3.8, 4) is 0 Å². The normalized spacial score (nSPS) is 10.3. The van der Waals surface area contributed by atoms with E-state index in [0.29, 0.717) is 6.54 Å². The minimum Gasteiger partial charge on any atom is -0.478 e. The Balaban J connectivity index is 2.37. The highest BCUT2D eigenvalue weighted by Gasteiger charge is 2.18. The van der Waals surface area contributed by atoms with E-state index in [-0.39, 0.29) is 11.3 Å². The molecule has 4 heteroatoms. The molecule has 0 aliphatic carbocycles. The summed E-state index contributed by atoms with van der Waals surface area (Å²) in [5.74, 6) is -1.66. The molecule has 0 saturated carbocycles. The van der Waals surface area contributed by atoms with Crippen molar-refractivity contribution in [2.24, 2.45) is 0 Å². The second-order valence-corrected chi connectivity index (χ2v) is 4.72. The van der Waals surface area contributed by atoms with Crippen LogP contribution in [-0.4, -0.2) is 18.1 Å². The maximum absolute atomic E-state index is 14.0. The third-order valence-electron chi connectivity index (χ3n) is 3.27. The predicted molar refractivity (Wildman–Crippen MR) is 76.6 cm³/mol. The van der Waals surface area contributed by atoms with Crippen LogP contribution in [0.4, 0.5) is 10.1 Å². The highest BCUT2D eigenvalue weighted by atomic mass is 19.1. The fourth-order valence-electron chi connectivity index (χ4n) is 2.20. The number of aryl methyl sites for hydroxylation is 1. The second-order valence-electron chi connectivity index (χ2n) is 4.72. The van der Waals surface area contributed by atoms with Crippen LogP contribution in [0.2, 0.25) is 0 Å². The maximum atomic E-state index is 14.0. The van der Waals surface area contributed by atoms with Gasteiger partial charge in [0.2, 0.25) is 0 Å². The fourth-order valence-corrected chi connectivity index (χ4v) is 2.20. The van der Waals surface area contributed by atoms with E-state index in [1.54, 1.807) is 11.9 Å². The average Bonchev–Trinajstić information content (AvgIpc) is 2.40. The molecular weight excluding hydrogens is 257 g/mol. The van der Waals surface area contributed by atoms with Crippen LogP contribution in [0.25, 0.3) is 0 Å². The van der Waals surface area contributed by atoms with Crippen LogP contribution < -0.4 is 4.90 Å². The van der Waals surface area contributed by atoms with Crippen molar-refractivity contribution in [2.75, 3.05) is 11.9 Å². The van der Waals surface area contributed by atoms with E-state index in [0.717, 1.165) is 11.1 Å². The monoisotopic (exact) mass is 273 g/mol. The van der Waals surface area contributed by atoms with Gasteiger partial charge in [-0.1, -0.05) is 30.3 Å². The van der Waals surface area contributed by atoms with Crippen LogP contribution in [0.15, 0.2) is 42.5 Å². The van der Waals surface area contributed by atoms with Crippen molar-refractivity contribution in [3.63, 3.8) is 0 Å². The van der Waals surface area contributed by atoms with Gasteiger partial charge < -0.3 is 10.0 Å². The molecular formula is C16H16FNO2. The number of halogens is 1. The summed E-state index contributed by atoms with van der Waals surface area (Å²) in [5, 5.41) is 9.17. The Labute approximate surface area is 117 Å². The second kappa shape index (κ2) is 5.74. The minimum absolute atomic E-state index is 0.0268. The Hall–Kier alpha value is -2.36. The molecule has 0 fully saturated rings. The summed E-state index contributed by atoms with van der Waals surface area (Å²) < 4.78 is 14.0. The lowest BCUT2D eigenvalue weighted by atomic mass is 10.1. The minimum atomic E-state index is -1.13. The first-order chi connectivity index (χ1) is 9.50. The molecule has 2 aromatic rings. The molecule has 0 atom stereocenters. The molecule has 3 nitrogen and oxygen atoms in total. The van der Waals surface area contributed by atoms with E-state index < -0.39 is 11.8 Å². The Morgan fingerprint density at radius 1 is 1.20 bits per heavy atom. The molecule has 104 valence electrons. The number of carboxylic acids is 1. The first kappa shape index (κ1) is 14.1. The van der Waals surface area contributed by atoms with Crippen molar-refractivity contribution in [1.82, 2.24) is 0 Å². The van der Waals surface area contributed by atoms with E-state index >= 15 is 0 Å². The maximum Gasteiger partial charge on any atom is 0.337 e. The van der Waals surface area contributed by atoms with Gasteiger partial charge >= 0.3 is 5.97 Å². The molecule has 0 aliphatic rings. The predicted octanol–water partition coefficient (Wildman–Crippen LogP) is 3.47. The lowest BCUT2D eigenvalue weighted by Gasteiger charge is -2.22. The van der Waals surface area contributed by atoms with Gasteiger partial charge in [0.25, 0.3) is 0 Å². The number of nitrogens with zero attached hydrogens (tertiary/aromatic N) is 1. The van der Waals surface area contributed by atoms with Crippen molar-refractivity contribution < 1.29 is 14.3 Å². The number of hydrogen-bond donors (Lipinski definition) is 1. The fraction of sp³-hybridized carbons (Fsp3) is 0.188.